The first-order chi connectivity index (χ1) is 11.5. The van der Waals surface area contributed by atoms with E-state index in [2.05, 4.69) is 25.8 Å². The molecule has 7 nitrogen and oxygen atoms in total. The number of hydrogen-bond donors (Lipinski definition) is 1. The van der Waals surface area contributed by atoms with Crippen molar-refractivity contribution in [3.05, 3.63) is 28.7 Å². The fourth-order valence-electron chi connectivity index (χ4n) is 2.74. The van der Waals surface area contributed by atoms with E-state index in [1.165, 1.54) is 0 Å². The Balaban J connectivity index is 2.46. The van der Waals surface area contributed by atoms with Gasteiger partial charge in [0.15, 0.2) is 11.7 Å². The van der Waals surface area contributed by atoms with Gasteiger partial charge in [-0.2, -0.15) is 0 Å². The molecule has 3 unspecified atom stereocenters. The number of esters is 1. The zero-order valence-corrected chi connectivity index (χ0v) is 16.7. The summed E-state index contributed by atoms with van der Waals surface area (Å²) in [5.41, 5.74) is -2.01. The topological polar surface area (TPSA) is 98.8 Å². The summed E-state index contributed by atoms with van der Waals surface area (Å²) in [6.45, 7) is 5.08. The first-order valence-electron chi connectivity index (χ1n) is 7.48. The number of nitrogens with one attached hydrogen (secondary N) is 1. The Bertz CT molecular complexity index is 755. The molecule has 136 valence electrons. The maximum Gasteiger partial charge on any atom is 0.354 e. The van der Waals surface area contributed by atoms with Gasteiger partial charge in [0, 0.05) is 4.47 Å². The van der Waals surface area contributed by atoms with Crippen molar-refractivity contribution < 1.29 is 28.2 Å². The molecule has 3 atom stereocenters. The third-order valence-electron chi connectivity index (χ3n) is 3.73. The Labute approximate surface area is 154 Å². The molecule has 0 spiro atoms. The number of carbonyl (C=O) groups excluding carboxylic acids is 3. The number of rotatable bonds is 3. The van der Waals surface area contributed by atoms with Crippen molar-refractivity contribution in [3.8, 4) is 5.75 Å². The Morgan fingerprint density at radius 3 is 2.24 bits per heavy atom. The van der Waals surface area contributed by atoms with E-state index in [9.17, 15) is 18.9 Å². The molecule has 0 aliphatic carbocycles. The van der Waals surface area contributed by atoms with Gasteiger partial charge in [-0.15, -0.1) is 0 Å². The Kier molecular flexibility index (Phi) is 5.44. The van der Waals surface area contributed by atoms with Gasteiger partial charge in [-0.1, -0.05) is 36.7 Å². The molecule has 2 rings (SSSR count). The fraction of sp³-hybridized carbons (Fsp3) is 0.438. The van der Waals surface area contributed by atoms with Crippen molar-refractivity contribution in [2.75, 3.05) is 7.11 Å². The maximum atomic E-state index is 13.4. The number of halogens is 1. The van der Waals surface area contributed by atoms with Crippen molar-refractivity contribution in [1.29, 1.82) is 0 Å². The zero-order chi connectivity index (χ0) is 19.0. The predicted molar refractivity (Wildman–Crippen MR) is 94.3 cm³/mol. The van der Waals surface area contributed by atoms with Gasteiger partial charge in [-0.05, 0) is 29.7 Å². The number of amides is 1. The second kappa shape index (κ2) is 6.92. The molecular formula is C16H19BrNO6P. The van der Waals surface area contributed by atoms with Crippen molar-refractivity contribution in [1.82, 2.24) is 5.09 Å². The van der Waals surface area contributed by atoms with E-state index in [4.69, 9.17) is 4.52 Å². The summed E-state index contributed by atoms with van der Waals surface area (Å²) in [7, 11) is -2.87. The van der Waals surface area contributed by atoms with E-state index in [-0.39, 0.29) is 5.75 Å². The van der Waals surface area contributed by atoms with Crippen LogP contribution in [0.1, 0.15) is 20.8 Å². The van der Waals surface area contributed by atoms with Crippen molar-refractivity contribution in [3.63, 3.8) is 0 Å². The Morgan fingerprint density at radius 1 is 1.20 bits per heavy atom. The van der Waals surface area contributed by atoms with Gasteiger partial charge in [0.2, 0.25) is 5.91 Å². The molecule has 1 aromatic rings. The van der Waals surface area contributed by atoms with Gasteiger partial charge in [-0.3, -0.25) is 24.0 Å². The highest BCUT2D eigenvalue weighted by molar-refractivity contribution is 9.10. The first-order valence-corrected chi connectivity index (χ1v) is 9.97. The van der Waals surface area contributed by atoms with Crippen LogP contribution in [0.5, 0.6) is 5.75 Å². The molecule has 0 aromatic heterocycles. The van der Waals surface area contributed by atoms with Crippen LogP contribution >= 0.6 is 23.4 Å². The minimum atomic E-state index is -3.95. The molecule has 1 aromatic carbocycles. The van der Waals surface area contributed by atoms with Crippen LogP contribution in [0.3, 0.4) is 0 Å². The number of Topliss-reactive ketones (excluding diaryl/α,β-unsaturated/α-hetero) is 1. The van der Waals surface area contributed by atoms with Crippen molar-refractivity contribution in [2.24, 2.45) is 11.3 Å². The van der Waals surface area contributed by atoms with E-state index in [1.807, 2.05) is 0 Å². The summed E-state index contributed by atoms with van der Waals surface area (Å²) in [5.74, 6) is -4.12. The van der Waals surface area contributed by atoms with Gasteiger partial charge < -0.3 is 9.26 Å². The number of hydrogen-bond acceptors (Lipinski definition) is 6. The lowest BCUT2D eigenvalue weighted by Crippen LogP contribution is -2.55. The molecule has 1 fully saturated rings. The SMILES string of the molecule is COC(=O)C1C(=O)NP(=O)(Oc2ccc(Br)cc2)C(C(C)(C)C)C1=O. The monoisotopic (exact) mass is 431 g/mol. The zero-order valence-electron chi connectivity index (χ0n) is 14.2. The van der Waals surface area contributed by atoms with Crippen LogP contribution in [-0.2, 0) is 23.7 Å². The molecule has 0 saturated carbocycles. The second-order valence-corrected chi connectivity index (χ2v) is 9.78. The molecule has 1 saturated heterocycles. The second-order valence-electron chi connectivity index (χ2n) is 6.75. The minimum Gasteiger partial charge on any atom is -0.468 e. The molecule has 1 aliphatic rings. The largest absolute Gasteiger partial charge is 0.468 e. The molecule has 1 heterocycles. The summed E-state index contributed by atoms with van der Waals surface area (Å²) in [6.07, 6.45) is 0. The molecule has 0 bridgehead atoms. The number of carbonyl (C=O) groups is 3. The average molecular weight is 432 g/mol. The Morgan fingerprint density at radius 2 is 1.76 bits per heavy atom. The summed E-state index contributed by atoms with van der Waals surface area (Å²) in [4.78, 5) is 36.9. The first kappa shape index (κ1) is 19.7. The molecule has 25 heavy (non-hydrogen) atoms. The third-order valence-corrected chi connectivity index (χ3v) is 6.99. The molecule has 1 N–H and O–H groups in total. The highest BCUT2D eigenvalue weighted by Crippen LogP contribution is 2.57. The van der Waals surface area contributed by atoms with Crippen LogP contribution < -0.4 is 9.61 Å². The summed E-state index contributed by atoms with van der Waals surface area (Å²) in [5, 5.41) is 2.27. The van der Waals surface area contributed by atoms with Gasteiger partial charge in [0.05, 0.1) is 7.11 Å². The molecule has 1 amide bonds. The lowest BCUT2D eigenvalue weighted by Gasteiger charge is -2.39. The molecular weight excluding hydrogens is 413 g/mol. The van der Waals surface area contributed by atoms with Crippen LogP contribution in [0.2, 0.25) is 0 Å². The molecule has 9 heteroatoms. The molecule has 0 radical (unpaired) electrons. The minimum absolute atomic E-state index is 0.241. The van der Waals surface area contributed by atoms with E-state index in [0.29, 0.717) is 0 Å². The number of benzene rings is 1. The standard InChI is InChI=1S/C16H19BrNO6P/c1-16(2,3)13-12(19)11(15(21)23-4)14(20)18-25(13,22)24-10-7-5-9(17)6-8-10/h5-8,11,13H,1-4H3,(H,18,20,22). The van der Waals surface area contributed by atoms with Crippen LogP contribution in [0, 0.1) is 11.3 Å². The third kappa shape index (κ3) is 3.96. The lowest BCUT2D eigenvalue weighted by atomic mass is 9.84. The van der Waals surface area contributed by atoms with Crippen LogP contribution in [-0.4, -0.2) is 30.4 Å². The van der Waals surface area contributed by atoms with Crippen LogP contribution in [0.4, 0.5) is 0 Å². The van der Waals surface area contributed by atoms with E-state index < -0.39 is 42.2 Å². The molecule has 1 aliphatic heterocycles. The lowest BCUT2D eigenvalue weighted by molar-refractivity contribution is -0.154. The summed E-state index contributed by atoms with van der Waals surface area (Å²) < 4.78 is 24.3. The summed E-state index contributed by atoms with van der Waals surface area (Å²) in [6, 6.07) is 6.48. The quantitative estimate of drug-likeness (QED) is 0.448. The highest BCUT2D eigenvalue weighted by atomic mass is 79.9. The van der Waals surface area contributed by atoms with E-state index in [0.717, 1.165) is 11.6 Å². The van der Waals surface area contributed by atoms with Gasteiger partial charge >= 0.3 is 13.5 Å². The summed E-state index contributed by atoms with van der Waals surface area (Å²) >= 11 is 3.28. The Hall–Kier alpha value is -1.66. The highest BCUT2D eigenvalue weighted by Gasteiger charge is 2.59. The van der Waals surface area contributed by atoms with Gasteiger partial charge in [0.1, 0.15) is 11.4 Å². The number of methoxy groups -OCH3 is 1. The maximum absolute atomic E-state index is 13.4. The number of ketones is 1. The van der Waals surface area contributed by atoms with Crippen molar-refractivity contribution >= 4 is 41.1 Å². The fourth-order valence-corrected chi connectivity index (χ4v) is 5.66. The van der Waals surface area contributed by atoms with E-state index in [1.54, 1.807) is 45.0 Å². The van der Waals surface area contributed by atoms with Crippen LogP contribution in [0.25, 0.3) is 0 Å². The van der Waals surface area contributed by atoms with Gasteiger partial charge in [-0.25, -0.2) is 0 Å². The normalized spacial score (nSPS) is 26.8. The van der Waals surface area contributed by atoms with Gasteiger partial charge in [0.25, 0.3) is 0 Å². The average Bonchev–Trinajstić information content (AvgIpc) is 2.47. The van der Waals surface area contributed by atoms with Crippen molar-refractivity contribution in [2.45, 2.75) is 26.4 Å². The smallest absolute Gasteiger partial charge is 0.354 e. The van der Waals surface area contributed by atoms with Crippen LogP contribution in [0.15, 0.2) is 28.7 Å². The predicted octanol–water partition coefficient (Wildman–Crippen LogP) is 2.92. The van der Waals surface area contributed by atoms with E-state index >= 15 is 0 Å². The number of ether oxygens (including phenoxy) is 1.